The van der Waals surface area contributed by atoms with Gasteiger partial charge in [0.1, 0.15) is 10.6 Å². The first-order valence-electron chi connectivity index (χ1n) is 10.7. The van der Waals surface area contributed by atoms with E-state index in [0.717, 1.165) is 52.7 Å². The fourth-order valence-electron chi connectivity index (χ4n) is 3.90. The monoisotopic (exact) mass is 478 g/mol. The van der Waals surface area contributed by atoms with Gasteiger partial charge in [-0.1, -0.05) is 29.5 Å². The molecule has 0 atom stereocenters. The highest BCUT2D eigenvalue weighted by Crippen LogP contribution is 2.35. The van der Waals surface area contributed by atoms with Crippen LogP contribution in [-0.2, 0) is 17.6 Å². The fraction of sp³-hybridized carbons (Fsp3) is 0.250. The quantitative estimate of drug-likeness (QED) is 0.191. The van der Waals surface area contributed by atoms with Crippen molar-refractivity contribution in [3.8, 4) is 5.69 Å². The van der Waals surface area contributed by atoms with Crippen molar-refractivity contribution >= 4 is 45.4 Å². The molecule has 1 amide bonds. The number of carbonyl (C=O) groups is 1. The summed E-state index contributed by atoms with van der Waals surface area (Å²) in [5.74, 6) is 0.327. The lowest BCUT2D eigenvalue weighted by Crippen LogP contribution is -2.24. The van der Waals surface area contributed by atoms with Gasteiger partial charge in [0.2, 0.25) is 0 Å². The first kappa shape index (κ1) is 21.7. The molecule has 1 aromatic carbocycles. The lowest BCUT2D eigenvalue weighted by molar-refractivity contribution is -0.118. The molecule has 0 bridgehead atoms. The number of furan rings is 1. The van der Waals surface area contributed by atoms with E-state index in [4.69, 9.17) is 9.40 Å². The molecule has 1 aliphatic carbocycles. The Morgan fingerprint density at radius 1 is 1.27 bits per heavy atom. The van der Waals surface area contributed by atoms with E-state index < -0.39 is 0 Å². The zero-order chi connectivity index (χ0) is 22.8. The number of nitrogens with zero attached hydrogens (tertiary/aromatic N) is 3. The number of thioether (sulfide) groups is 1. The first-order chi connectivity index (χ1) is 16.1. The summed E-state index contributed by atoms with van der Waals surface area (Å²) < 4.78 is 6.79. The van der Waals surface area contributed by atoms with E-state index in [1.807, 2.05) is 31.2 Å². The van der Waals surface area contributed by atoms with Crippen LogP contribution >= 0.6 is 23.1 Å². The van der Waals surface area contributed by atoms with Crippen molar-refractivity contribution in [2.45, 2.75) is 37.8 Å². The molecule has 0 spiro atoms. The minimum Gasteiger partial charge on any atom is -0.463 e. The first-order valence-corrected chi connectivity index (χ1v) is 12.5. The standard InChI is InChI=1S/C24H22N4O3S2/c1-15-8-10-16(11-9-15)28-23(30)21-18-6-2-3-7-19(18)33-22(21)26-24(28)32-14-20(29)27-25-13-17-5-4-12-31-17/h4-5,8-13H,2-3,6-7,14H2,1H3,(H,27,29)/b25-13+. The largest absolute Gasteiger partial charge is 0.463 e. The fourth-order valence-corrected chi connectivity index (χ4v) is 6.01. The van der Waals surface area contributed by atoms with Crippen molar-refractivity contribution in [3.63, 3.8) is 0 Å². The van der Waals surface area contributed by atoms with Crippen LogP contribution in [0.25, 0.3) is 15.9 Å². The molecule has 0 saturated heterocycles. The van der Waals surface area contributed by atoms with Crippen molar-refractivity contribution in [1.82, 2.24) is 15.0 Å². The van der Waals surface area contributed by atoms with Crippen molar-refractivity contribution < 1.29 is 9.21 Å². The van der Waals surface area contributed by atoms with Crippen molar-refractivity contribution in [2.24, 2.45) is 5.10 Å². The third-order valence-corrected chi connectivity index (χ3v) is 7.63. The summed E-state index contributed by atoms with van der Waals surface area (Å²) >= 11 is 2.83. The lowest BCUT2D eigenvalue weighted by Gasteiger charge is -2.13. The molecule has 3 heterocycles. The molecule has 1 aliphatic rings. The van der Waals surface area contributed by atoms with E-state index in [0.29, 0.717) is 10.9 Å². The zero-order valence-electron chi connectivity index (χ0n) is 18.0. The highest BCUT2D eigenvalue weighted by Gasteiger charge is 2.23. The smallest absolute Gasteiger partial charge is 0.267 e. The summed E-state index contributed by atoms with van der Waals surface area (Å²) in [7, 11) is 0. The minimum atomic E-state index is -0.293. The molecule has 0 radical (unpaired) electrons. The summed E-state index contributed by atoms with van der Waals surface area (Å²) in [6.45, 7) is 2.01. The molecule has 1 N–H and O–H groups in total. The summed E-state index contributed by atoms with van der Waals surface area (Å²) in [4.78, 5) is 32.9. The third kappa shape index (κ3) is 4.51. The second-order valence-electron chi connectivity index (χ2n) is 7.86. The topological polar surface area (TPSA) is 89.5 Å². The van der Waals surface area contributed by atoms with E-state index >= 15 is 0 Å². The van der Waals surface area contributed by atoms with E-state index in [2.05, 4.69) is 10.5 Å². The molecule has 7 nitrogen and oxygen atoms in total. The SMILES string of the molecule is Cc1ccc(-n2c(SCC(=O)N/N=C/c3ccco3)nc3sc4c(c3c2=O)CCCC4)cc1. The summed E-state index contributed by atoms with van der Waals surface area (Å²) in [6, 6.07) is 11.3. The van der Waals surface area contributed by atoms with Crippen LogP contribution < -0.4 is 11.0 Å². The van der Waals surface area contributed by atoms with E-state index in [1.54, 1.807) is 28.0 Å². The Morgan fingerprint density at radius 2 is 2.09 bits per heavy atom. The predicted octanol–water partition coefficient (Wildman–Crippen LogP) is 4.47. The van der Waals surface area contributed by atoms with Gasteiger partial charge in [-0.15, -0.1) is 11.3 Å². The van der Waals surface area contributed by atoms with E-state index in [9.17, 15) is 9.59 Å². The molecular weight excluding hydrogens is 456 g/mol. The van der Waals surface area contributed by atoms with Gasteiger partial charge >= 0.3 is 0 Å². The molecule has 0 aliphatic heterocycles. The number of nitrogens with one attached hydrogen (secondary N) is 1. The molecule has 4 aromatic rings. The third-order valence-electron chi connectivity index (χ3n) is 5.51. The molecule has 3 aromatic heterocycles. The maximum absolute atomic E-state index is 13.7. The van der Waals surface area contributed by atoms with Gasteiger partial charge in [0.15, 0.2) is 5.16 Å². The number of aryl methyl sites for hydroxylation is 3. The second kappa shape index (κ2) is 9.36. The Kier molecular flexibility index (Phi) is 6.15. The van der Waals surface area contributed by atoms with Gasteiger partial charge in [-0.3, -0.25) is 14.2 Å². The van der Waals surface area contributed by atoms with E-state index in [1.165, 1.54) is 29.1 Å². The van der Waals surface area contributed by atoms with Gasteiger partial charge < -0.3 is 4.42 Å². The van der Waals surface area contributed by atoms with Crippen molar-refractivity contribution in [3.05, 3.63) is 74.8 Å². The van der Waals surface area contributed by atoms with Crippen molar-refractivity contribution in [2.75, 3.05) is 5.75 Å². The van der Waals surface area contributed by atoms with E-state index in [-0.39, 0.29) is 17.2 Å². The molecule has 168 valence electrons. The van der Waals surface area contributed by atoms with Crippen LogP contribution in [0, 0.1) is 6.92 Å². The number of amides is 1. The second-order valence-corrected chi connectivity index (χ2v) is 9.88. The number of hydrogen-bond acceptors (Lipinski definition) is 7. The molecule has 0 unspecified atom stereocenters. The Balaban J connectivity index is 1.47. The predicted molar refractivity (Wildman–Crippen MR) is 132 cm³/mol. The Hall–Kier alpha value is -3.17. The minimum absolute atomic E-state index is 0.0676. The van der Waals surface area contributed by atoms with Crippen molar-refractivity contribution in [1.29, 1.82) is 0 Å². The maximum Gasteiger partial charge on any atom is 0.267 e. The molecule has 0 fully saturated rings. The van der Waals surface area contributed by atoms with Crippen LogP contribution in [0.15, 0.2) is 62.1 Å². The number of thiophene rings is 1. The average Bonchev–Trinajstić information content (AvgIpc) is 3.46. The van der Waals surface area contributed by atoms with Crippen LogP contribution in [-0.4, -0.2) is 27.4 Å². The van der Waals surface area contributed by atoms with Gasteiger partial charge in [0, 0.05) is 4.88 Å². The number of carbonyl (C=O) groups excluding carboxylic acids is 1. The molecular formula is C24H22N4O3S2. The summed E-state index contributed by atoms with van der Waals surface area (Å²) in [5.41, 5.74) is 5.43. The number of aromatic nitrogens is 2. The number of hydrogen-bond donors (Lipinski definition) is 1. The van der Waals surface area contributed by atoms with Gasteiger partial charge in [-0.05, 0) is 62.4 Å². The number of benzene rings is 1. The molecule has 33 heavy (non-hydrogen) atoms. The Bertz CT molecular complexity index is 1390. The normalized spacial score (nSPS) is 13.5. The number of fused-ring (bicyclic) bond motifs is 3. The average molecular weight is 479 g/mol. The van der Waals surface area contributed by atoms with Gasteiger partial charge in [-0.2, -0.15) is 5.10 Å². The highest BCUT2D eigenvalue weighted by molar-refractivity contribution is 7.99. The zero-order valence-corrected chi connectivity index (χ0v) is 19.7. The molecule has 9 heteroatoms. The summed E-state index contributed by atoms with van der Waals surface area (Å²) in [5, 5.41) is 5.14. The Labute approximate surface area is 198 Å². The number of rotatable bonds is 6. The van der Waals surface area contributed by atoms with Gasteiger partial charge in [0.25, 0.3) is 11.5 Å². The lowest BCUT2D eigenvalue weighted by atomic mass is 9.97. The molecule has 5 rings (SSSR count). The van der Waals surface area contributed by atoms with Crippen LogP contribution in [0.4, 0.5) is 0 Å². The van der Waals surface area contributed by atoms with Gasteiger partial charge in [-0.25, -0.2) is 10.4 Å². The highest BCUT2D eigenvalue weighted by atomic mass is 32.2. The van der Waals surface area contributed by atoms with Gasteiger partial charge in [0.05, 0.1) is 29.3 Å². The maximum atomic E-state index is 13.7. The molecule has 0 saturated carbocycles. The van der Waals surface area contributed by atoms with Crippen LogP contribution in [0.3, 0.4) is 0 Å². The van der Waals surface area contributed by atoms with Crippen LogP contribution in [0.1, 0.15) is 34.6 Å². The van der Waals surface area contributed by atoms with Crippen LogP contribution in [0.5, 0.6) is 0 Å². The van der Waals surface area contributed by atoms with Crippen LogP contribution in [0.2, 0.25) is 0 Å². The number of hydrazone groups is 1. The Morgan fingerprint density at radius 3 is 2.88 bits per heavy atom. The summed E-state index contributed by atoms with van der Waals surface area (Å²) in [6.07, 6.45) is 7.13.